The smallest absolute Gasteiger partial charge is 0.437 e. The number of hydrogen-bond acceptors (Lipinski definition) is 7. The van der Waals surface area contributed by atoms with Crippen LogP contribution >= 0.6 is 0 Å². The number of nitrogens with zero attached hydrogens (tertiary/aromatic N) is 3. The lowest BCUT2D eigenvalue weighted by molar-refractivity contribution is -0.116. The number of carbonyl (C=O) groups excluding carboxylic acids is 1. The molecule has 0 saturated heterocycles. The number of furan rings is 1. The molecule has 3 rings (SSSR count). The van der Waals surface area contributed by atoms with Crippen LogP contribution in [0.15, 0.2) is 42.6 Å². The van der Waals surface area contributed by atoms with Crippen molar-refractivity contribution in [2.24, 2.45) is 0 Å². The van der Waals surface area contributed by atoms with Gasteiger partial charge in [-0.05, 0) is 19.1 Å². The van der Waals surface area contributed by atoms with Crippen molar-refractivity contribution in [2.45, 2.75) is 19.9 Å². The first-order valence-corrected chi connectivity index (χ1v) is 6.47. The first-order chi connectivity index (χ1) is 10.6. The van der Waals surface area contributed by atoms with Gasteiger partial charge in [-0.3, -0.25) is 4.79 Å². The van der Waals surface area contributed by atoms with Crippen LogP contribution in [0.25, 0.3) is 11.7 Å². The van der Waals surface area contributed by atoms with Crippen LogP contribution in [-0.2, 0) is 11.3 Å². The predicted molar refractivity (Wildman–Crippen MR) is 73.0 cm³/mol. The molecule has 3 aromatic heterocycles. The van der Waals surface area contributed by atoms with E-state index >= 15 is 0 Å². The van der Waals surface area contributed by atoms with Crippen molar-refractivity contribution in [3.8, 4) is 11.7 Å². The van der Waals surface area contributed by atoms with E-state index in [4.69, 9.17) is 13.4 Å². The number of nitrogens with one attached hydrogen (secondary N) is 1. The van der Waals surface area contributed by atoms with Gasteiger partial charge in [-0.25, -0.2) is 4.79 Å². The molecule has 9 heteroatoms. The summed E-state index contributed by atoms with van der Waals surface area (Å²) < 4.78 is 15.9. The van der Waals surface area contributed by atoms with Gasteiger partial charge in [0.15, 0.2) is 11.6 Å². The van der Waals surface area contributed by atoms with E-state index in [1.165, 1.54) is 6.26 Å². The Morgan fingerprint density at radius 2 is 2.32 bits per heavy atom. The molecule has 3 aromatic rings. The zero-order valence-electron chi connectivity index (χ0n) is 11.6. The van der Waals surface area contributed by atoms with E-state index in [1.807, 2.05) is 0 Å². The van der Waals surface area contributed by atoms with Gasteiger partial charge in [0, 0.05) is 12.5 Å². The fourth-order valence-corrected chi connectivity index (χ4v) is 1.79. The maximum absolute atomic E-state index is 11.8. The second-order valence-corrected chi connectivity index (χ2v) is 4.49. The monoisotopic (exact) mass is 304 g/mol. The van der Waals surface area contributed by atoms with Crippen LogP contribution in [0.3, 0.4) is 0 Å². The van der Waals surface area contributed by atoms with Crippen LogP contribution in [0.1, 0.15) is 12.2 Å². The highest BCUT2D eigenvalue weighted by atomic mass is 16.5. The minimum Gasteiger partial charge on any atom is -0.459 e. The molecule has 1 N–H and O–H groups in total. The molecule has 0 aliphatic rings. The lowest BCUT2D eigenvalue weighted by atomic mass is 10.4. The largest absolute Gasteiger partial charge is 0.459 e. The highest BCUT2D eigenvalue weighted by Crippen LogP contribution is 2.15. The predicted octanol–water partition coefficient (Wildman–Crippen LogP) is 1.42. The van der Waals surface area contributed by atoms with E-state index in [1.54, 1.807) is 25.1 Å². The Balaban J connectivity index is 1.62. The fourth-order valence-electron chi connectivity index (χ4n) is 1.79. The van der Waals surface area contributed by atoms with Crippen molar-refractivity contribution in [3.63, 3.8) is 0 Å². The van der Waals surface area contributed by atoms with E-state index in [9.17, 15) is 9.59 Å². The molecule has 0 spiro atoms. The molecule has 9 nitrogen and oxygen atoms in total. The van der Waals surface area contributed by atoms with Crippen molar-refractivity contribution in [2.75, 3.05) is 5.32 Å². The lowest BCUT2D eigenvalue weighted by Crippen LogP contribution is -2.21. The molecule has 0 atom stereocenters. The summed E-state index contributed by atoms with van der Waals surface area (Å²) in [6.45, 7) is 1.79. The van der Waals surface area contributed by atoms with Gasteiger partial charge in [0.25, 0.3) is 5.89 Å². The molecule has 0 unspecified atom stereocenters. The van der Waals surface area contributed by atoms with E-state index in [0.717, 1.165) is 4.68 Å². The van der Waals surface area contributed by atoms with E-state index in [-0.39, 0.29) is 24.8 Å². The number of carbonyl (C=O) groups is 1. The molecule has 0 aromatic carbocycles. The SMILES string of the molecule is Cc1cc(NC(=O)CCn2nc(-c3ccco3)oc2=O)no1. The second-order valence-electron chi connectivity index (χ2n) is 4.49. The molecule has 22 heavy (non-hydrogen) atoms. The summed E-state index contributed by atoms with van der Waals surface area (Å²) in [5.74, 6) is 0.359. The Bertz CT molecular complexity index is 827. The van der Waals surface area contributed by atoms with Crippen LogP contribution in [0, 0.1) is 6.92 Å². The summed E-state index contributed by atoms with van der Waals surface area (Å²) in [5, 5.41) is 10.2. The van der Waals surface area contributed by atoms with Crippen LogP contribution in [0.2, 0.25) is 0 Å². The topological polar surface area (TPSA) is 116 Å². The zero-order valence-corrected chi connectivity index (χ0v) is 11.6. The van der Waals surface area contributed by atoms with Gasteiger partial charge in [0.05, 0.1) is 12.8 Å². The molecule has 0 bridgehead atoms. The fraction of sp³-hybridized carbons (Fsp3) is 0.231. The van der Waals surface area contributed by atoms with Crippen LogP contribution in [0.5, 0.6) is 0 Å². The standard InChI is InChI=1S/C13H12N4O5/c1-8-7-10(16-22-8)14-11(18)4-5-17-13(19)21-12(15-17)9-3-2-6-20-9/h2-3,6-7H,4-5H2,1H3,(H,14,16,18). The summed E-state index contributed by atoms with van der Waals surface area (Å²) >= 11 is 0. The van der Waals surface area contributed by atoms with Crippen LogP contribution in [0.4, 0.5) is 5.82 Å². The second kappa shape index (κ2) is 5.72. The third kappa shape index (κ3) is 2.97. The summed E-state index contributed by atoms with van der Waals surface area (Å²) in [7, 11) is 0. The quantitative estimate of drug-likeness (QED) is 0.757. The number of amides is 1. The van der Waals surface area contributed by atoms with Crippen molar-refractivity contribution in [1.29, 1.82) is 0 Å². The van der Waals surface area contributed by atoms with Gasteiger partial charge in [-0.15, -0.1) is 5.10 Å². The third-order valence-corrected chi connectivity index (χ3v) is 2.78. The number of aryl methyl sites for hydroxylation is 2. The van der Waals surface area contributed by atoms with Gasteiger partial charge in [-0.2, -0.15) is 4.68 Å². The third-order valence-electron chi connectivity index (χ3n) is 2.78. The number of aromatic nitrogens is 3. The minimum atomic E-state index is -0.656. The molecule has 0 saturated carbocycles. The number of rotatable bonds is 5. The highest BCUT2D eigenvalue weighted by molar-refractivity contribution is 5.89. The van der Waals surface area contributed by atoms with Gasteiger partial charge >= 0.3 is 5.76 Å². The van der Waals surface area contributed by atoms with Crippen molar-refractivity contribution >= 4 is 11.7 Å². The number of hydrogen-bond donors (Lipinski definition) is 1. The Hall–Kier alpha value is -3.10. The van der Waals surface area contributed by atoms with Gasteiger partial charge in [-0.1, -0.05) is 5.16 Å². The summed E-state index contributed by atoms with van der Waals surface area (Å²) in [6.07, 6.45) is 1.48. The van der Waals surface area contributed by atoms with E-state index in [2.05, 4.69) is 15.6 Å². The molecular formula is C13H12N4O5. The molecule has 1 amide bonds. The normalized spacial score (nSPS) is 10.8. The molecule has 0 fully saturated rings. The Kier molecular flexibility index (Phi) is 3.60. The minimum absolute atomic E-state index is 0.0376. The first kappa shape index (κ1) is 13.9. The van der Waals surface area contributed by atoms with Crippen molar-refractivity contribution in [3.05, 3.63) is 40.8 Å². The summed E-state index contributed by atoms with van der Waals surface area (Å²) in [5.41, 5.74) is 0. The van der Waals surface area contributed by atoms with Crippen molar-refractivity contribution in [1.82, 2.24) is 14.9 Å². The summed E-state index contributed by atoms with van der Waals surface area (Å²) in [6, 6.07) is 4.87. The average molecular weight is 304 g/mol. The van der Waals surface area contributed by atoms with E-state index in [0.29, 0.717) is 17.3 Å². The molecule has 3 heterocycles. The Morgan fingerprint density at radius 1 is 1.45 bits per heavy atom. The van der Waals surface area contributed by atoms with Crippen LogP contribution < -0.4 is 11.1 Å². The lowest BCUT2D eigenvalue weighted by Gasteiger charge is -1.99. The molecule has 114 valence electrons. The van der Waals surface area contributed by atoms with Gasteiger partial charge < -0.3 is 18.7 Å². The van der Waals surface area contributed by atoms with Crippen LogP contribution in [-0.4, -0.2) is 20.8 Å². The summed E-state index contributed by atoms with van der Waals surface area (Å²) in [4.78, 5) is 23.4. The zero-order chi connectivity index (χ0) is 15.5. The van der Waals surface area contributed by atoms with Crippen molar-refractivity contribution < 1.29 is 18.2 Å². The average Bonchev–Trinajstić information content (AvgIpc) is 3.18. The Labute approximate surface area is 123 Å². The maximum atomic E-state index is 11.8. The molecule has 0 radical (unpaired) electrons. The highest BCUT2D eigenvalue weighted by Gasteiger charge is 2.14. The van der Waals surface area contributed by atoms with Gasteiger partial charge in [0.2, 0.25) is 5.91 Å². The van der Waals surface area contributed by atoms with E-state index < -0.39 is 5.76 Å². The maximum Gasteiger partial charge on any atom is 0.437 e. The number of anilines is 1. The molecule has 0 aliphatic heterocycles. The molecule has 0 aliphatic carbocycles. The first-order valence-electron chi connectivity index (χ1n) is 6.47. The Morgan fingerprint density at radius 3 is 3.00 bits per heavy atom. The van der Waals surface area contributed by atoms with Gasteiger partial charge in [0.1, 0.15) is 5.76 Å². The molecular weight excluding hydrogens is 292 g/mol.